The molecule has 0 bridgehead atoms. The van der Waals surface area contributed by atoms with E-state index in [2.05, 4.69) is 26.9 Å². The number of nitrogens with zero attached hydrogens (tertiary/aromatic N) is 2. The third-order valence-electron chi connectivity index (χ3n) is 10.1. The number of sulfonamides is 1. The van der Waals surface area contributed by atoms with Crippen molar-refractivity contribution in [1.29, 1.82) is 0 Å². The molecular weight excluding hydrogens is 691 g/mol. The number of pyridine rings is 1. The lowest BCUT2D eigenvalue weighted by Crippen LogP contribution is -2.60. The molecule has 15 heteroatoms. The lowest BCUT2D eigenvalue weighted by Gasteiger charge is -2.36. The molecule has 5 unspecified atom stereocenters. The number of rotatable bonds is 12. The van der Waals surface area contributed by atoms with Crippen LogP contribution in [-0.2, 0) is 29.1 Å². The van der Waals surface area contributed by atoms with Crippen LogP contribution < -0.4 is 24.8 Å². The van der Waals surface area contributed by atoms with Crippen LogP contribution in [0.3, 0.4) is 0 Å². The second-order valence-corrected chi connectivity index (χ2v) is 18.2. The maximum absolute atomic E-state index is 14.5. The Morgan fingerprint density at radius 2 is 1.81 bits per heavy atom. The number of benzene rings is 1. The number of carbonyl (C=O) groups excluding carboxylic acids is 4. The van der Waals surface area contributed by atoms with Gasteiger partial charge < -0.3 is 29.7 Å². The lowest BCUT2D eigenvalue weighted by molar-refractivity contribution is -0.143. The first-order valence-electron chi connectivity index (χ1n) is 17.6. The summed E-state index contributed by atoms with van der Waals surface area (Å²) < 4.78 is 44.8. The summed E-state index contributed by atoms with van der Waals surface area (Å²) >= 11 is 0. The number of fused-ring (bicyclic) bond motifs is 1. The normalized spacial score (nSPS) is 24.3. The quantitative estimate of drug-likeness (QED) is 0.269. The zero-order valence-corrected chi connectivity index (χ0v) is 32.0. The Labute approximate surface area is 305 Å². The fourth-order valence-electron chi connectivity index (χ4n) is 6.73. The van der Waals surface area contributed by atoms with Crippen LogP contribution in [0.2, 0.25) is 0 Å². The van der Waals surface area contributed by atoms with Crippen LogP contribution in [0.1, 0.15) is 80.6 Å². The Hall–Kier alpha value is -4.40. The van der Waals surface area contributed by atoms with Gasteiger partial charge in [-0.2, -0.15) is 0 Å². The van der Waals surface area contributed by atoms with Crippen molar-refractivity contribution in [3.05, 3.63) is 43.1 Å². The van der Waals surface area contributed by atoms with Crippen LogP contribution in [0.5, 0.6) is 11.6 Å². The zero-order chi connectivity index (χ0) is 38.4. The predicted molar refractivity (Wildman–Crippen MR) is 194 cm³/mol. The summed E-state index contributed by atoms with van der Waals surface area (Å²) in [6, 6.07) is 4.95. The first-order chi connectivity index (χ1) is 24.2. The van der Waals surface area contributed by atoms with Gasteiger partial charge in [0.05, 0.1) is 18.4 Å². The molecule has 284 valence electrons. The fraction of sp³-hybridized carbons (Fsp3) is 0.595. The standard InChI is InChI=1S/C37H51N5O9S/c1-10-23-20-37(23,32(45)41-52(47,48)36(11-2)15-16-36)40-29(43)27-19-25(50-30-26-13-12-24(49-9)18-22(26)14-17-38-30)21-42(27)31(44)28(34(3,4)5)39-33(46)51-35(6,7)8/h10,12-14,17-18,23,25,27-28H,1,11,15-16,19-21H2,2-9H3,(H,39,46)(H,40,43)(H,41,45). The van der Waals surface area contributed by atoms with Gasteiger partial charge in [0.2, 0.25) is 27.7 Å². The molecule has 1 aromatic carbocycles. The van der Waals surface area contributed by atoms with Crippen LogP contribution in [0.4, 0.5) is 4.79 Å². The van der Waals surface area contributed by atoms with E-state index in [0.29, 0.717) is 30.4 Å². The molecule has 4 amide bonds. The van der Waals surface area contributed by atoms with Gasteiger partial charge in [0.25, 0.3) is 5.91 Å². The number of carbonyl (C=O) groups is 4. The van der Waals surface area contributed by atoms with Gasteiger partial charge in [-0.25, -0.2) is 18.2 Å². The number of likely N-dealkylation sites (tertiary alicyclic amines) is 1. The monoisotopic (exact) mass is 741 g/mol. The van der Waals surface area contributed by atoms with Crippen LogP contribution in [-0.4, -0.2) is 89.8 Å². The molecule has 0 spiro atoms. The number of methoxy groups -OCH3 is 1. The summed E-state index contributed by atoms with van der Waals surface area (Å²) in [6.45, 7) is 16.0. The van der Waals surface area contributed by atoms with Crippen LogP contribution in [0.15, 0.2) is 43.1 Å². The van der Waals surface area contributed by atoms with Crippen LogP contribution in [0, 0.1) is 11.3 Å². The second-order valence-electron chi connectivity index (χ2n) is 16.1. The van der Waals surface area contributed by atoms with Crippen molar-refractivity contribution in [3.63, 3.8) is 0 Å². The van der Waals surface area contributed by atoms with Crippen LogP contribution >= 0.6 is 0 Å². The molecule has 2 aliphatic carbocycles. The molecular formula is C37H51N5O9S. The third-order valence-corrected chi connectivity index (χ3v) is 12.4. The molecule has 5 atom stereocenters. The van der Waals surface area contributed by atoms with Gasteiger partial charge in [0.15, 0.2) is 0 Å². The van der Waals surface area contributed by atoms with Crippen molar-refractivity contribution in [2.75, 3.05) is 13.7 Å². The maximum Gasteiger partial charge on any atom is 0.408 e. The smallest absolute Gasteiger partial charge is 0.408 e. The Bertz CT molecular complexity index is 1860. The average molecular weight is 742 g/mol. The summed E-state index contributed by atoms with van der Waals surface area (Å²) in [7, 11) is -2.44. The first kappa shape index (κ1) is 38.8. The number of alkyl carbamates (subject to hydrolysis) is 1. The lowest BCUT2D eigenvalue weighted by atomic mass is 9.85. The average Bonchev–Trinajstić information content (AvgIpc) is 3.96. The molecule has 3 fully saturated rings. The van der Waals surface area contributed by atoms with Gasteiger partial charge >= 0.3 is 6.09 Å². The van der Waals surface area contributed by atoms with Gasteiger partial charge in [0, 0.05) is 23.9 Å². The van der Waals surface area contributed by atoms with E-state index in [9.17, 15) is 27.6 Å². The maximum atomic E-state index is 14.5. The summed E-state index contributed by atoms with van der Waals surface area (Å²) in [6.07, 6.45) is 2.97. The van der Waals surface area contributed by atoms with Crippen molar-refractivity contribution in [3.8, 4) is 11.6 Å². The van der Waals surface area contributed by atoms with Gasteiger partial charge in [-0.1, -0.05) is 33.8 Å². The summed E-state index contributed by atoms with van der Waals surface area (Å²) in [5.74, 6) is -1.67. The van der Waals surface area contributed by atoms with E-state index in [1.165, 1.54) is 11.0 Å². The molecule has 3 N–H and O–H groups in total. The summed E-state index contributed by atoms with van der Waals surface area (Å²) in [5, 5.41) is 7.01. The number of hydrogen-bond donors (Lipinski definition) is 3. The number of amides is 4. The first-order valence-corrected chi connectivity index (χ1v) is 19.1. The highest BCUT2D eigenvalue weighted by Gasteiger charge is 2.63. The third kappa shape index (κ3) is 7.83. The highest BCUT2D eigenvalue weighted by molar-refractivity contribution is 7.91. The molecule has 1 aliphatic heterocycles. The minimum atomic E-state index is -4.01. The largest absolute Gasteiger partial charge is 0.497 e. The van der Waals surface area contributed by atoms with E-state index >= 15 is 0 Å². The predicted octanol–water partition coefficient (Wildman–Crippen LogP) is 3.98. The van der Waals surface area contributed by atoms with E-state index in [-0.39, 0.29) is 25.3 Å². The van der Waals surface area contributed by atoms with E-state index in [0.717, 1.165) is 5.39 Å². The molecule has 2 heterocycles. The van der Waals surface area contributed by atoms with Gasteiger partial charge in [-0.15, -0.1) is 6.58 Å². The molecule has 52 heavy (non-hydrogen) atoms. The fourth-order valence-corrected chi connectivity index (χ4v) is 8.39. The van der Waals surface area contributed by atoms with Crippen molar-refractivity contribution in [2.45, 2.75) is 115 Å². The Balaban J connectivity index is 1.45. The number of aromatic nitrogens is 1. The van der Waals surface area contributed by atoms with Crippen molar-refractivity contribution in [1.82, 2.24) is 25.2 Å². The number of hydrogen-bond acceptors (Lipinski definition) is 10. The number of ether oxygens (including phenoxy) is 3. The Kier molecular flexibility index (Phi) is 10.4. The van der Waals surface area contributed by atoms with E-state index in [1.54, 1.807) is 67.8 Å². The van der Waals surface area contributed by atoms with E-state index in [1.807, 2.05) is 18.2 Å². The number of nitrogens with one attached hydrogen (secondary N) is 3. The molecule has 1 saturated heterocycles. The summed E-state index contributed by atoms with van der Waals surface area (Å²) in [5.41, 5.74) is -3.22. The zero-order valence-electron chi connectivity index (χ0n) is 31.2. The van der Waals surface area contributed by atoms with E-state index in [4.69, 9.17) is 14.2 Å². The molecule has 0 radical (unpaired) electrons. The highest BCUT2D eigenvalue weighted by Crippen LogP contribution is 2.48. The second kappa shape index (κ2) is 13.9. The van der Waals surface area contributed by atoms with Gasteiger partial charge in [0.1, 0.15) is 35.1 Å². The molecule has 14 nitrogen and oxygen atoms in total. The van der Waals surface area contributed by atoms with Crippen molar-refractivity contribution >= 4 is 44.6 Å². The van der Waals surface area contributed by atoms with E-state index < -0.39 is 79.2 Å². The Morgan fingerprint density at radius 1 is 1.12 bits per heavy atom. The molecule has 2 aromatic rings. The molecule has 5 rings (SSSR count). The van der Waals surface area contributed by atoms with Crippen molar-refractivity contribution < 1.29 is 41.8 Å². The minimum absolute atomic E-state index is 0.0167. The minimum Gasteiger partial charge on any atom is -0.497 e. The van der Waals surface area contributed by atoms with Crippen LogP contribution in [0.25, 0.3) is 10.8 Å². The Morgan fingerprint density at radius 3 is 2.37 bits per heavy atom. The summed E-state index contributed by atoms with van der Waals surface area (Å²) in [4.78, 5) is 61.2. The molecule has 1 aromatic heterocycles. The van der Waals surface area contributed by atoms with Crippen molar-refractivity contribution in [2.24, 2.45) is 11.3 Å². The van der Waals surface area contributed by atoms with Gasteiger partial charge in [-0.05, 0) is 81.5 Å². The highest BCUT2D eigenvalue weighted by atomic mass is 32.2. The topological polar surface area (TPSA) is 182 Å². The van der Waals surface area contributed by atoms with Gasteiger partial charge in [-0.3, -0.25) is 19.1 Å². The SMILES string of the molecule is C=CC1CC1(NC(=O)C1CC(Oc2nccc3cc(OC)ccc23)CN1C(=O)C(NC(=O)OC(C)(C)C)C(C)(C)C)C(=O)NS(=O)(=O)C1(CC)CC1. The molecule has 2 saturated carbocycles. The molecule has 3 aliphatic rings.